The SMILES string of the molecule is CCNC(=NCCS(=O)(=O)N(CC)CC)NC1CCC(O)CC1.I. The summed E-state index contributed by atoms with van der Waals surface area (Å²) in [6.07, 6.45) is 3.22. The number of hydrogen-bond donors (Lipinski definition) is 3. The first-order valence-corrected chi connectivity index (χ1v) is 10.2. The monoisotopic (exact) mass is 476 g/mol. The minimum absolute atomic E-state index is 0. The van der Waals surface area contributed by atoms with E-state index in [2.05, 4.69) is 15.6 Å². The summed E-state index contributed by atoms with van der Waals surface area (Å²) in [6.45, 7) is 7.61. The number of aliphatic hydroxyl groups excluding tert-OH is 1. The molecule has 0 unspecified atom stereocenters. The summed E-state index contributed by atoms with van der Waals surface area (Å²) < 4.78 is 25.8. The highest BCUT2D eigenvalue weighted by molar-refractivity contribution is 14.0. The van der Waals surface area contributed by atoms with Crippen molar-refractivity contribution in [1.82, 2.24) is 14.9 Å². The molecule has 144 valence electrons. The molecule has 0 aromatic rings. The van der Waals surface area contributed by atoms with Gasteiger partial charge in [0.05, 0.1) is 18.4 Å². The van der Waals surface area contributed by atoms with Crippen LogP contribution in [0.5, 0.6) is 0 Å². The van der Waals surface area contributed by atoms with Crippen molar-refractivity contribution >= 4 is 40.0 Å². The van der Waals surface area contributed by atoms with Crippen molar-refractivity contribution in [3.8, 4) is 0 Å². The van der Waals surface area contributed by atoms with Gasteiger partial charge in [0, 0.05) is 25.7 Å². The molecule has 0 amide bonds. The zero-order chi connectivity index (χ0) is 17.3. The van der Waals surface area contributed by atoms with Crippen molar-refractivity contribution in [2.24, 2.45) is 4.99 Å². The highest BCUT2D eigenvalue weighted by Crippen LogP contribution is 2.18. The Bertz CT molecular complexity index is 461. The number of hydrogen-bond acceptors (Lipinski definition) is 4. The standard InChI is InChI=1S/C15H32N4O3S.HI/c1-4-16-15(18-13-7-9-14(20)10-8-13)17-11-12-23(21,22)19(5-2)6-3;/h13-14,20H,4-12H2,1-3H3,(H2,16,17,18);1H. The molecule has 0 saturated heterocycles. The molecule has 1 fully saturated rings. The smallest absolute Gasteiger partial charge is 0.215 e. The van der Waals surface area contributed by atoms with Gasteiger partial charge in [0.2, 0.25) is 10.0 Å². The first kappa shape index (κ1) is 23.9. The zero-order valence-electron chi connectivity index (χ0n) is 15.0. The van der Waals surface area contributed by atoms with Crippen molar-refractivity contribution in [1.29, 1.82) is 0 Å². The molecule has 0 spiro atoms. The molecule has 0 atom stereocenters. The third-order valence-electron chi connectivity index (χ3n) is 4.10. The van der Waals surface area contributed by atoms with E-state index in [1.165, 1.54) is 4.31 Å². The van der Waals surface area contributed by atoms with E-state index in [1.807, 2.05) is 20.8 Å². The Morgan fingerprint density at radius 3 is 2.25 bits per heavy atom. The van der Waals surface area contributed by atoms with Gasteiger partial charge >= 0.3 is 0 Å². The van der Waals surface area contributed by atoms with Crippen molar-refractivity contribution in [2.75, 3.05) is 31.9 Å². The van der Waals surface area contributed by atoms with Crippen molar-refractivity contribution in [3.05, 3.63) is 0 Å². The lowest BCUT2D eigenvalue weighted by Gasteiger charge is -2.27. The highest BCUT2D eigenvalue weighted by atomic mass is 127. The Hall–Kier alpha value is -0.130. The molecule has 0 radical (unpaired) electrons. The Balaban J connectivity index is 0.00000529. The molecular weight excluding hydrogens is 443 g/mol. The van der Waals surface area contributed by atoms with Crippen LogP contribution in [0, 0.1) is 0 Å². The zero-order valence-corrected chi connectivity index (χ0v) is 18.1. The van der Waals surface area contributed by atoms with E-state index in [-0.39, 0.29) is 48.4 Å². The summed E-state index contributed by atoms with van der Waals surface area (Å²) in [5.41, 5.74) is 0. The molecule has 0 aromatic carbocycles. The molecule has 9 heteroatoms. The maximum absolute atomic E-state index is 12.1. The number of rotatable bonds is 8. The molecule has 1 rings (SSSR count). The molecule has 0 aromatic heterocycles. The van der Waals surface area contributed by atoms with Gasteiger partial charge in [-0.05, 0) is 32.6 Å². The number of guanidine groups is 1. The number of aliphatic imine (C=N–C) groups is 1. The van der Waals surface area contributed by atoms with Crippen LogP contribution in [0.15, 0.2) is 4.99 Å². The van der Waals surface area contributed by atoms with Crippen LogP contribution >= 0.6 is 24.0 Å². The molecule has 1 saturated carbocycles. The predicted octanol–water partition coefficient (Wildman–Crippen LogP) is 1.13. The van der Waals surface area contributed by atoms with E-state index in [0.29, 0.717) is 19.0 Å². The lowest BCUT2D eigenvalue weighted by Crippen LogP contribution is -2.45. The first-order valence-electron chi connectivity index (χ1n) is 8.63. The molecule has 3 N–H and O–H groups in total. The van der Waals surface area contributed by atoms with Gasteiger partial charge in [-0.2, -0.15) is 0 Å². The van der Waals surface area contributed by atoms with Gasteiger partial charge in [-0.1, -0.05) is 13.8 Å². The number of nitrogens with zero attached hydrogens (tertiary/aromatic N) is 2. The quantitative estimate of drug-likeness (QED) is 0.278. The summed E-state index contributed by atoms with van der Waals surface area (Å²) in [5, 5.41) is 16.0. The van der Waals surface area contributed by atoms with Crippen LogP contribution in [-0.2, 0) is 10.0 Å². The van der Waals surface area contributed by atoms with Crippen LogP contribution in [0.1, 0.15) is 46.5 Å². The van der Waals surface area contributed by atoms with Gasteiger partial charge in [-0.3, -0.25) is 4.99 Å². The lowest BCUT2D eigenvalue weighted by atomic mass is 9.93. The number of sulfonamides is 1. The van der Waals surface area contributed by atoms with E-state index < -0.39 is 10.0 Å². The summed E-state index contributed by atoms with van der Waals surface area (Å²) in [4.78, 5) is 4.39. The number of aliphatic hydroxyl groups is 1. The summed E-state index contributed by atoms with van der Waals surface area (Å²) >= 11 is 0. The molecule has 1 aliphatic carbocycles. The lowest BCUT2D eigenvalue weighted by molar-refractivity contribution is 0.120. The van der Waals surface area contributed by atoms with Crippen LogP contribution in [-0.4, -0.2) is 67.9 Å². The fraction of sp³-hybridized carbons (Fsp3) is 0.933. The van der Waals surface area contributed by atoms with Crippen LogP contribution < -0.4 is 10.6 Å². The molecule has 0 aliphatic heterocycles. The maximum Gasteiger partial charge on any atom is 0.215 e. The second-order valence-electron chi connectivity index (χ2n) is 5.81. The summed E-state index contributed by atoms with van der Waals surface area (Å²) in [6, 6.07) is 0.288. The molecular formula is C15H33IN4O3S. The van der Waals surface area contributed by atoms with Gasteiger partial charge in [-0.15, -0.1) is 24.0 Å². The van der Waals surface area contributed by atoms with E-state index in [9.17, 15) is 13.5 Å². The normalized spacial score (nSPS) is 22.1. The fourth-order valence-corrected chi connectivity index (χ4v) is 4.12. The summed E-state index contributed by atoms with van der Waals surface area (Å²) in [5.74, 6) is 0.679. The fourth-order valence-electron chi connectivity index (χ4n) is 2.75. The number of halogens is 1. The maximum atomic E-state index is 12.1. The Morgan fingerprint density at radius 2 is 1.75 bits per heavy atom. The topological polar surface area (TPSA) is 94.0 Å². The van der Waals surface area contributed by atoms with Gasteiger partial charge < -0.3 is 15.7 Å². The third kappa shape index (κ3) is 8.30. The van der Waals surface area contributed by atoms with Gasteiger partial charge in [0.1, 0.15) is 0 Å². The second kappa shape index (κ2) is 12.3. The van der Waals surface area contributed by atoms with E-state index in [0.717, 1.165) is 32.2 Å². The highest BCUT2D eigenvalue weighted by Gasteiger charge is 2.21. The molecule has 1 aliphatic rings. The Kier molecular flexibility index (Phi) is 12.2. The van der Waals surface area contributed by atoms with E-state index >= 15 is 0 Å². The van der Waals surface area contributed by atoms with Crippen LogP contribution in [0.25, 0.3) is 0 Å². The van der Waals surface area contributed by atoms with Gasteiger partial charge in [-0.25, -0.2) is 12.7 Å². The van der Waals surface area contributed by atoms with Gasteiger partial charge in [0.15, 0.2) is 5.96 Å². The number of nitrogens with one attached hydrogen (secondary N) is 2. The van der Waals surface area contributed by atoms with Crippen molar-refractivity contribution in [2.45, 2.75) is 58.6 Å². The average Bonchev–Trinajstić information content (AvgIpc) is 2.50. The molecule has 0 bridgehead atoms. The molecule has 7 nitrogen and oxygen atoms in total. The predicted molar refractivity (Wildman–Crippen MR) is 110 cm³/mol. The molecule has 24 heavy (non-hydrogen) atoms. The van der Waals surface area contributed by atoms with E-state index in [4.69, 9.17) is 0 Å². The van der Waals surface area contributed by atoms with Crippen molar-refractivity contribution in [3.63, 3.8) is 0 Å². The van der Waals surface area contributed by atoms with Crippen LogP contribution in [0.2, 0.25) is 0 Å². The first-order chi connectivity index (χ1) is 10.9. The third-order valence-corrected chi connectivity index (χ3v) is 6.10. The minimum Gasteiger partial charge on any atom is -0.393 e. The van der Waals surface area contributed by atoms with E-state index in [1.54, 1.807) is 0 Å². The summed E-state index contributed by atoms with van der Waals surface area (Å²) in [7, 11) is -3.24. The second-order valence-corrected chi connectivity index (χ2v) is 7.90. The van der Waals surface area contributed by atoms with Gasteiger partial charge in [0.25, 0.3) is 0 Å². The van der Waals surface area contributed by atoms with Crippen LogP contribution in [0.3, 0.4) is 0 Å². The average molecular weight is 476 g/mol. The Labute approximate surface area is 163 Å². The van der Waals surface area contributed by atoms with Crippen LogP contribution in [0.4, 0.5) is 0 Å². The Morgan fingerprint density at radius 1 is 1.17 bits per heavy atom. The minimum atomic E-state index is -3.24. The molecule has 0 heterocycles. The van der Waals surface area contributed by atoms with Crippen molar-refractivity contribution < 1.29 is 13.5 Å². The largest absolute Gasteiger partial charge is 0.393 e.